The molecule has 1 N–H and O–H groups in total. The van der Waals surface area contributed by atoms with Crippen molar-refractivity contribution in [3.05, 3.63) is 59.7 Å². The molecule has 0 unspecified atom stereocenters. The Morgan fingerprint density at radius 3 is 2.10 bits per heavy atom. The highest BCUT2D eigenvalue weighted by Gasteiger charge is 2.23. The van der Waals surface area contributed by atoms with Gasteiger partial charge >= 0.3 is 5.97 Å². The summed E-state index contributed by atoms with van der Waals surface area (Å²) in [6, 6.07) is 12.2. The maximum Gasteiger partial charge on any atom is 0.337 e. The van der Waals surface area contributed by atoms with Gasteiger partial charge in [0.1, 0.15) is 0 Å². The Hall–Kier alpha value is -2.71. The van der Waals surface area contributed by atoms with Gasteiger partial charge in [-0.15, -0.1) is 0 Å². The van der Waals surface area contributed by atoms with Crippen LogP contribution in [0.1, 0.15) is 47.4 Å². The van der Waals surface area contributed by atoms with Crippen molar-refractivity contribution in [3.63, 3.8) is 0 Å². The molecule has 0 bridgehead atoms. The predicted octanol–water partition coefficient (Wildman–Crippen LogP) is 3.54. The van der Waals surface area contributed by atoms with E-state index in [-0.39, 0.29) is 10.5 Å². The van der Waals surface area contributed by atoms with Gasteiger partial charge in [0.25, 0.3) is 5.91 Å². The molecule has 0 fully saturated rings. The van der Waals surface area contributed by atoms with Gasteiger partial charge in [0.2, 0.25) is 10.0 Å². The number of rotatable bonds is 9. The third-order valence-electron chi connectivity index (χ3n) is 4.24. The molecule has 156 valence electrons. The highest BCUT2D eigenvalue weighted by Crippen LogP contribution is 2.20. The van der Waals surface area contributed by atoms with Crippen molar-refractivity contribution in [1.82, 2.24) is 4.31 Å². The van der Waals surface area contributed by atoms with Crippen LogP contribution in [0.15, 0.2) is 53.4 Å². The lowest BCUT2D eigenvalue weighted by Gasteiger charge is -2.21. The molecular formula is C21H26N2O5S. The van der Waals surface area contributed by atoms with Gasteiger partial charge < -0.3 is 10.1 Å². The summed E-state index contributed by atoms with van der Waals surface area (Å²) >= 11 is 0. The van der Waals surface area contributed by atoms with Crippen molar-refractivity contribution < 1.29 is 22.7 Å². The quantitative estimate of drug-likeness (QED) is 0.629. The summed E-state index contributed by atoms with van der Waals surface area (Å²) in [7, 11) is -2.30. The van der Waals surface area contributed by atoms with Crippen LogP contribution >= 0.6 is 0 Å². The minimum absolute atomic E-state index is 0.185. The molecule has 0 heterocycles. The average molecular weight is 419 g/mol. The highest BCUT2D eigenvalue weighted by atomic mass is 32.2. The number of carbonyl (C=O) groups is 2. The van der Waals surface area contributed by atoms with Crippen molar-refractivity contribution in [2.45, 2.75) is 31.6 Å². The number of hydrogen-bond acceptors (Lipinski definition) is 5. The van der Waals surface area contributed by atoms with E-state index in [2.05, 4.69) is 10.1 Å². The molecule has 0 saturated carbocycles. The highest BCUT2D eigenvalue weighted by molar-refractivity contribution is 7.89. The fourth-order valence-corrected chi connectivity index (χ4v) is 4.44. The van der Waals surface area contributed by atoms with Gasteiger partial charge in [0.15, 0.2) is 0 Å². The fourth-order valence-electron chi connectivity index (χ4n) is 2.82. The lowest BCUT2D eigenvalue weighted by molar-refractivity contribution is 0.0600. The Kier molecular flexibility index (Phi) is 7.92. The minimum atomic E-state index is -3.57. The maximum atomic E-state index is 12.8. The summed E-state index contributed by atoms with van der Waals surface area (Å²) in [5.74, 6) is -0.942. The predicted molar refractivity (Wildman–Crippen MR) is 112 cm³/mol. The monoisotopic (exact) mass is 418 g/mol. The molecule has 29 heavy (non-hydrogen) atoms. The van der Waals surface area contributed by atoms with E-state index >= 15 is 0 Å². The molecule has 2 rings (SSSR count). The van der Waals surface area contributed by atoms with E-state index in [0.717, 1.165) is 12.8 Å². The number of carbonyl (C=O) groups excluding carboxylic acids is 2. The molecule has 0 atom stereocenters. The molecule has 0 aromatic heterocycles. The standard InChI is InChI=1S/C21H26N2O5S/c1-4-13-23(14-5-2)29(26,27)19-11-9-18(10-12-19)22-20(24)16-7-6-8-17(15-16)21(25)28-3/h6-12,15H,4-5,13-14H2,1-3H3,(H,22,24). The zero-order valence-corrected chi connectivity index (χ0v) is 17.7. The van der Waals surface area contributed by atoms with Crippen molar-refractivity contribution >= 4 is 27.6 Å². The smallest absolute Gasteiger partial charge is 0.337 e. The van der Waals surface area contributed by atoms with Crippen molar-refractivity contribution in [2.75, 3.05) is 25.5 Å². The first-order valence-corrected chi connectivity index (χ1v) is 10.9. The van der Waals surface area contributed by atoms with Gasteiger partial charge in [-0.3, -0.25) is 4.79 Å². The van der Waals surface area contributed by atoms with E-state index in [9.17, 15) is 18.0 Å². The lowest BCUT2D eigenvalue weighted by atomic mass is 10.1. The normalized spacial score (nSPS) is 11.3. The Morgan fingerprint density at radius 2 is 1.55 bits per heavy atom. The zero-order valence-electron chi connectivity index (χ0n) is 16.8. The summed E-state index contributed by atoms with van der Waals surface area (Å²) in [6.45, 7) is 4.80. The Bertz CT molecular complexity index is 949. The number of nitrogens with one attached hydrogen (secondary N) is 1. The van der Waals surface area contributed by atoms with Gasteiger partial charge in [0.05, 0.1) is 17.6 Å². The van der Waals surface area contributed by atoms with E-state index < -0.39 is 21.9 Å². The van der Waals surface area contributed by atoms with Gasteiger partial charge in [-0.1, -0.05) is 19.9 Å². The Labute approximate surface area is 171 Å². The van der Waals surface area contributed by atoms with Crippen LogP contribution in [-0.4, -0.2) is 44.8 Å². The number of anilines is 1. The van der Waals surface area contributed by atoms with E-state index in [1.807, 2.05) is 13.8 Å². The number of hydrogen-bond donors (Lipinski definition) is 1. The largest absolute Gasteiger partial charge is 0.465 e. The van der Waals surface area contributed by atoms with Crippen LogP contribution in [0.4, 0.5) is 5.69 Å². The summed E-state index contributed by atoms with van der Waals surface area (Å²) in [6.07, 6.45) is 1.47. The molecule has 0 saturated heterocycles. The molecule has 0 spiro atoms. The molecule has 0 aliphatic carbocycles. The van der Waals surface area contributed by atoms with Gasteiger partial charge in [-0.25, -0.2) is 13.2 Å². The van der Waals surface area contributed by atoms with Crippen molar-refractivity contribution in [3.8, 4) is 0 Å². The van der Waals surface area contributed by atoms with Crippen LogP contribution in [0.3, 0.4) is 0 Å². The summed E-state index contributed by atoms with van der Waals surface area (Å²) < 4.78 is 31.7. The van der Waals surface area contributed by atoms with Crippen molar-refractivity contribution in [2.24, 2.45) is 0 Å². The third kappa shape index (κ3) is 5.65. The topological polar surface area (TPSA) is 92.8 Å². The lowest BCUT2D eigenvalue weighted by Crippen LogP contribution is -2.32. The minimum Gasteiger partial charge on any atom is -0.465 e. The summed E-state index contributed by atoms with van der Waals surface area (Å²) in [4.78, 5) is 24.2. The molecular weight excluding hydrogens is 392 g/mol. The van der Waals surface area contributed by atoms with Crippen LogP contribution in [0.25, 0.3) is 0 Å². The summed E-state index contributed by atoms with van der Waals surface area (Å²) in [5.41, 5.74) is 1.02. The maximum absolute atomic E-state index is 12.8. The number of esters is 1. The van der Waals surface area contributed by atoms with E-state index in [0.29, 0.717) is 24.3 Å². The second kappa shape index (κ2) is 10.2. The van der Waals surface area contributed by atoms with Crippen LogP contribution in [-0.2, 0) is 14.8 Å². The molecule has 0 aliphatic rings. The number of benzene rings is 2. The van der Waals surface area contributed by atoms with Gasteiger partial charge in [-0.05, 0) is 55.3 Å². The SMILES string of the molecule is CCCN(CCC)S(=O)(=O)c1ccc(NC(=O)c2cccc(C(=O)OC)c2)cc1. The number of methoxy groups -OCH3 is 1. The zero-order chi connectivity index (χ0) is 21.4. The van der Waals surface area contributed by atoms with E-state index in [1.54, 1.807) is 30.3 Å². The first-order chi connectivity index (χ1) is 13.8. The molecule has 1 amide bonds. The number of nitrogens with zero attached hydrogens (tertiary/aromatic N) is 1. The van der Waals surface area contributed by atoms with Crippen LogP contribution in [0.5, 0.6) is 0 Å². The van der Waals surface area contributed by atoms with Crippen LogP contribution < -0.4 is 5.32 Å². The van der Waals surface area contributed by atoms with Gasteiger partial charge in [0, 0.05) is 24.3 Å². The molecule has 2 aromatic carbocycles. The van der Waals surface area contributed by atoms with Crippen molar-refractivity contribution in [1.29, 1.82) is 0 Å². The second-order valence-corrected chi connectivity index (χ2v) is 8.39. The fraction of sp³-hybridized carbons (Fsp3) is 0.333. The Morgan fingerprint density at radius 1 is 0.966 bits per heavy atom. The van der Waals surface area contributed by atoms with Crippen LogP contribution in [0.2, 0.25) is 0 Å². The number of ether oxygens (including phenoxy) is 1. The first kappa shape index (κ1) is 22.6. The number of sulfonamides is 1. The second-order valence-electron chi connectivity index (χ2n) is 6.45. The molecule has 2 aromatic rings. The average Bonchev–Trinajstić information content (AvgIpc) is 2.73. The van der Waals surface area contributed by atoms with E-state index in [1.165, 1.54) is 29.6 Å². The van der Waals surface area contributed by atoms with E-state index in [4.69, 9.17) is 0 Å². The molecule has 7 nitrogen and oxygen atoms in total. The Balaban J connectivity index is 2.16. The summed E-state index contributed by atoms with van der Waals surface area (Å²) in [5, 5.41) is 2.70. The molecule has 0 aliphatic heterocycles. The van der Waals surface area contributed by atoms with Gasteiger partial charge in [-0.2, -0.15) is 4.31 Å². The third-order valence-corrected chi connectivity index (χ3v) is 6.15. The first-order valence-electron chi connectivity index (χ1n) is 9.43. The molecule has 8 heteroatoms. The molecule has 0 radical (unpaired) electrons. The number of amides is 1. The van der Waals surface area contributed by atoms with Crippen LogP contribution in [0, 0.1) is 0 Å².